The monoisotopic (exact) mass is 362 g/mol. The zero-order chi connectivity index (χ0) is 18.7. The first-order valence-electron chi connectivity index (χ1n) is 7.50. The zero-order valence-corrected chi connectivity index (χ0v) is 13.4. The van der Waals surface area contributed by atoms with E-state index in [1.807, 2.05) is 0 Å². The van der Waals surface area contributed by atoms with Crippen molar-refractivity contribution in [3.8, 4) is 17.1 Å². The van der Waals surface area contributed by atoms with Crippen LogP contribution in [0.1, 0.15) is 5.56 Å². The van der Waals surface area contributed by atoms with Gasteiger partial charge in [0.25, 0.3) is 0 Å². The highest BCUT2D eigenvalue weighted by Crippen LogP contribution is 2.40. The third-order valence-electron chi connectivity index (χ3n) is 3.58. The van der Waals surface area contributed by atoms with E-state index in [1.54, 1.807) is 30.3 Å². The molecule has 0 radical (unpaired) electrons. The molecule has 0 saturated carbocycles. The number of hydrogen-bond acceptors (Lipinski definition) is 4. The molecule has 134 valence electrons. The average molecular weight is 362 g/mol. The SMILES string of the molecule is C=CC(=O)OCOc1ccc(-c2cc3ccccc3o2)c(C(F)(F)F)c1. The summed E-state index contributed by atoms with van der Waals surface area (Å²) in [4.78, 5) is 10.9. The van der Waals surface area contributed by atoms with Crippen molar-refractivity contribution in [2.45, 2.75) is 6.18 Å². The van der Waals surface area contributed by atoms with Crippen LogP contribution in [0.25, 0.3) is 22.3 Å². The third kappa shape index (κ3) is 3.72. The Kier molecular flexibility index (Phi) is 4.71. The number of halogens is 3. The molecule has 3 aromatic rings. The van der Waals surface area contributed by atoms with Crippen molar-refractivity contribution in [2.24, 2.45) is 0 Å². The van der Waals surface area contributed by atoms with Gasteiger partial charge in [-0.15, -0.1) is 0 Å². The maximum atomic E-state index is 13.5. The zero-order valence-electron chi connectivity index (χ0n) is 13.4. The molecule has 0 fully saturated rings. The Bertz CT molecular complexity index is 924. The van der Waals surface area contributed by atoms with Gasteiger partial charge in [-0.05, 0) is 30.3 Å². The lowest BCUT2D eigenvalue weighted by Gasteiger charge is -2.13. The summed E-state index contributed by atoms with van der Waals surface area (Å²) in [6, 6.07) is 11.9. The predicted molar refractivity (Wildman–Crippen MR) is 88.4 cm³/mol. The molecule has 7 heteroatoms. The van der Waals surface area contributed by atoms with Crippen molar-refractivity contribution in [3.63, 3.8) is 0 Å². The van der Waals surface area contributed by atoms with E-state index >= 15 is 0 Å². The molecule has 0 unspecified atom stereocenters. The minimum Gasteiger partial charge on any atom is -0.457 e. The summed E-state index contributed by atoms with van der Waals surface area (Å²) >= 11 is 0. The second kappa shape index (κ2) is 6.95. The first kappa shape index (κ1) is 17.6. The fourth-order valence-electron chi connectivity index (χ4n) is 2.39. The maximum Gasteiger partial charge on any atom is 0.417 e. The number of ether oxygens (including phenoxy) is 2. The van der Waals surface area contributed by atoms with Crippen LogP contribution in [0.2, 0.25) is 0 Å². The summed E-state index contributed by atoms with van der Waals surface area (Å²) in [6.07, 6.45) is -3.69. The minimum atomic E-state index is -4.62. The highest BCUT2D eigenvalue weighted by molar-refractivity contribution is 5.83. The summed E-state index contributed by atoms with van der Waals surface area (Å²) in [5.74, 6) is -0.725. The Labute approximate surface area is 146 Å². The van der Waals surface area contributed by atoms with Crippen LogP contribution in [0, 0.1) is 0 Å². The molecule has 0 amide bonds. The number of esters is 1. The molecule has 2 aromatic carbocycles. The molecule has 1 aromatic heterocycles. The lowest BCUT2D eigenvalue weighted by atomic mass is 10.0. The Morgan fingerprint density at radius 1 is 1.15 bits per heavy atom. The van der Waals surface area contributed by atoms with Crippen molar-refractivity contribution in [1.82, 2.24) is 0 Å². The number of alkyl halides is 3. The number of furan rings is 1. The van der Waals surface area contributed by atoms with Crippen LogP contribution in [-0.2, 0) is 15.7 Å². The minimum absolute atomic E-state index is 0.0888. The van der Waals surface area contributed by atoms with Crippen LogP contribution >= 0.6 is 0 Å². The second-order valence-electron chi connectivity index (χ2n) is 5.28. The standard InChI is InChI=1S/C19H13F3O4/c1-2-18(23)25-11-24-13-7-8-14(15(10-13)19(20,21)22)17-9-12-5-3-4-6-16(12)26-17/h2-10H,1,11H2. The van der Waals surface area contributed by atoms with Gasteiger partial charge in [0.1, 0.15) is 17.1 Å². The Morgan fingerprint density at radius 3 is 2.62 bits per heavy atom. The van der Waals surface area contributed by atoms with Crippen LogP contribution in [0.5, 0.6) is 5.75 Å². The summed E-state index contributed by atoms with van der Waals surface area (Å²) in [7, 11) is 0. The molecule has 0 aliphatic carbocycles. The van der Waals surface area contributed by atoms with Gasteiger partial charge in [-0.3, -0.25) is 0 Å². The fraction of sp³-hybridized carbons (Fsp3) is 0.105. The molecule has 0 aliphatic rings. The number of carbonyl (C=O) groups is 1. The molecule has 0 saturated heterocycles. The van der Waals surface area contributed by atoms with Gasteiger partial charge in [0.2, 0.25) is 6.79 Å². The maximum absolute atomic E-state index is 13.5. The molecular weight excluding hydrogens is 349 g/mol. The Hall–Kier alpha value is -3.22. The number of benzene rings is 2. The number of fused-ring (bicyclic) bond motifs is 1. The van der Waals surface area contributed by atoms with Gasteiger partial charge >= 0.3 is 12.1 Å². The van der Waals surface area contributed by atoms with E-state index < -0.39 is 24.5 Å². The highest BCUT2D eigenvalue weighted by Gasteiger charge is 2.35. The topological polar surface area (TPSA) is 48.7 Å². The molecule has 1 heterocycles. The van der Waals surface area contributed by atoms with Gasteiger partial charge in [-0.2, -0.15) is 13.2 Å². The van der Waals surface area contributed by atoms with E-state index in [9.17, 15) is 18.0 Å². The summed E-state index contributed by atoms with van der Waals surface area (Å²) in [6.45, 7) is 2.68. The lowest BCUT2D eigenvalue weighted by Crippen LogP contribution is -2.10. The van der Waals surface area contributed by atoms with Gasteiger partial charge in [-0.1, -0.05) is 24.8 Å². The van der Waals surface area contributed by atoms with E-state index in [-0.39, 0.29) is 17.1 Å². The van der Waals surface area contributed by atoms with Crippen molar-refractivity contribution in [1.29, 1.82) is 0 Å². The lowest BCUT2D eigenvalue weighted by molar-refractivity contribution is -0.144. The molecule has 0 atom stereocenters. The number of rotatable bonds is 5. The number of carbonyl (C=O) groups excluding carboxylic acids is 1. The first-order valence-corrected chi connectivity index (χ1v) is 7.50. The molecule has 0 bridgehead atoms. The highest BCUT2D eigenvalue weighted by atomic mass is 19.4. The first-order chi connectivity index (χ1) is 12.4. The van der Waals surface area contributed by atoms with E-state index in [1.165, 1.54) is 12.1 Å². The number of hydrogen-bond donors (Lipinski definition) is 0. The van der Waals surface area contributed by atoms with E-state index in [2.05, 4.69) is 11.3 Å². The molecule has 4 nitrogen and oxygen atoms in total. The Balaban J connectivity index is 1.94. The fourth-order valence-corrected chi connectivity index (χ4v) is 2.39. The van der Waals surface area contributed by atoms with Crippen molar-refractivity contribution in [3.05, 3.63) is 66.7 Å². The number of para-hydroxylation sites is 1. The molecule has 0 spiro atoms. The van der Waals surface area contributed by atoms with Crippen molar-refractivity contribution < 1.29 is 31.9 Å². The molecule has 0 aliphatic heterocycles. The van der Waals surface area contributed by atoms with Crippen molar-refractivity contribution >= 4 is 16.9 Å². The predicted octanol–water partition coefficient (Wildman–Crippen LogP) is 5.18. The van der Waals surface area contributed by atoms with Gasteiger partial charge < -0.3 is 13.9 Å². The Morgan fingerprint density at radius 2 is 1.92 bits per heavy atom. The second-order valence-corrected chi connectivity index (χ2v) is 5.28. The largest absolute Gasteiger partial charge is 0.457 e. The molecule has 3 rings (SSSR count). The van der Waals surface area contributed by atoms with Gasteiger partial charge in [0.05, 0.1) is 5.56 Å². The normalized spacial score (nSPS) is 11.3. The van der Waals surface area contributed by atoms with E-state index in [4.69, 9.17) is 9.15 Å². The van der Waals surface area contributed by atoms with Crippen LogP contribution in [0.4, 0.5) is 13.2 Å². The van der Waals surface area contributed by atoms with E-state index in [0.717, 1.165) is 12.1 Å². The smallest absolute Gasteiger partial charge is 0.417 e. The van der Waals surface area contributed by atoms with Crippen LogP contribution in [0.3, 0.4) is 0 Å². The van der Waals surface area contributed by atoms with Crippen LogP contribution in [0.15, 0.2) is 65.6 Å². The van der Waals surface area contributed by atoms with Gasteiger partial charge in [0, 0.05) is 17.0 Å². The van der Waals surface area contributed by atoms with Gasteiger partial charge in [0.15, 0.2) is 0 Å². The molecule has 0 N–H and O–H groups in total. The van der Waals surface area contributed by atoms with Crippen LogP contribution < -0.4 is 4.74 Å². The molecular formula is C19H13F3O4. The summed E-state index contributed by atoms with van der Waals surface area (Å²) in [5, 5.41) is 0.701. The van der Waals surface area contributed by atoms with E-state index in [0.29, 0.717) is 11.0 Å². The third-order valence-corrected chi connectivity index (χ3v) is 3.58. The van der Waals surface area contributed by atoms with Crippen LogP contribution in [-0.4, -0.2) is 12.8 Å². The summed E-state index contributed by atoms with van der Waals surface area (Å²) < 4.78 is 55.6. The quantitative estimate of drug-likeness (QED) is 0.356. The van der Waals surface area contributed by atoms with Gasteiger partial charge in [-0.25, -0.2) is 4.79 Å². The molecule has 26 heavy (non-hydrogen) atoms. The average Bonchev–Trinajstić information content (AvgIpc) is 3.04. The van der Waals surface area contributed by atoms with Crippen molar-refractivity contribution in [2.75, 3.05) is 6.79 Å². The summed E-state index contributed by atoms with van der Waals surface area (Å²) in [5.41, 5.74) is -0.527.